The molecule has 0 spiro atoms. The lowest BCUT2D eigenvalue weighted by Gasteiger charge is -2.33. The Morgan fingerprint density at radius 2 is 1.44 bits per heavy atom. The van der Waals surface area contributed by atoms with Crippen molar-refractivity contribution in [2.75, 3.05) is 60.4 Å². The van der Waals surface area contributed by atoms with Crippen LogP contribution in [-0.2, 0) is 32.9 Å². The summed E-state index contributed by atoms with van der Waals surface area (Å²) in [5.74, 6) is -1.62. The van der Waals surface area contributed by atoms with Crippen LogP contribution in [0, 0.1) is 0 Å². The molecule has 1 aliphatic rings. The zero-order chi connectivity index (χ0) is 31.6. The van der Waals surface area contributed by atoms with Crippen LogP contribution in [0.5, 0.6) is 11.5 Å². The van der Waals surface area contributed by atoms with Crippen molar-refractivity contribution in [1.82, 2.24) is 5.06 Å². The number of methoxy groups -OCH3 is 2. The fraction of sp³-hybridized carbons (Fsp3) is 0.481. The van der Waals surface area contributed by atoms with Crippen molar-refractivity contribution in [2.45, 2.75) is 26.1 Å². The van der Waals surface area contributed by atoms with E-state index in [0.717, 1.165) is 0 Å². The van der Waals surface area contributed by atoms with E-state index < -0.39 is 31.6 Å². The maximum Gasteiger partial charge on any atom is 0.285 e. The highest BCUT2D eigenvalue weighted by Crippen LogP contribution is 2.49. The third-order valence-electron chi connectivity index (χ3n) is 6.02. The van der Waals surface area contributed by atoms with E-state index in [-0.39, 0.29) is 71.2 Å². The fourth-order valence-corrected chi connectivity index (χ4v) is 5.16. The zero-order valence-electron chi connectivity index (χ0n) is 24.0. The van der Waals surface area contributed by atoms with Crippen molar-refractivity contribution in [3.05, 3.63) is 57.1 Å². The first-order valence-corrected chi connectivity index (χ1v) is 15.6. The largest absolute Gasteiger partial charge is 0.778 e. The average Bonchev–Trinajstić information content (AvgIpc) is 3.22. The predicted molar refractivity (Wildman–Crippen MR) is 153 cm³/mol. The number of hydrogen-bond donors (Lipinski definition) is 0. The quantitative estimate of drug-likeness (QED) is 0.0914. The summed E-state index contributed by atoms with van der Waals surface area (Å²) in [4.78, 5) is 44.5. The summed E-state index contributed by atoms with van der Waals surface area (Å²) in [6.45, 7) is 3.29. The van der Waals surface area contributed by atoms with Crippen molar-refractivity contribution >= 4 is 42.6 Å². The first-order chi connectivity index (χ1) is 20.6. The summed E-state index contributed by atoms with van der Waals surface area (Å²) in [5, 5.41) is 0.357. The summed E-state index contributed by atoms with van der Waals surface area (Å²) >= 11 is 13.4. The van der Waals surface area contributed by atoms with Gasteiger partial charge < -0.3 is 42.4 Å². The van der Waals surface area contributed by atoms with Gasteiger partial charge in [0.1, 0.15) is 13.7 Å². The van der Waals surface area contributed by atoms with Crippen LogP contribution in [0.2, 0.25) is 10.0 Å². The van der Waals surface area contributed by atoms with Crippen LogP contribution in [0.15, 0.2) is 30.3 Å². The molecule has 0 aromatic heterocycles. The van der Waals surface area contributed by atoms with Crippen molar-refractivity contribution < 1.29 is 56.8 Å². The smallest absolute Gasteiger partial charge is 0.285 e. The van der Waals surface area contributed by atoms with E-state index in [1.54, 1.807) is 12.1 Å². The molecule has 0 fully saturated rings. The molecule has 13 nitrogen and oxygen atoms in total. The SMILES string of the molecule is CCP(=O)([O-])OC(C)C(ON1C(=O)c2ccccc2C1=O)c1cc(Cl)c(OCOCCOC)c(OCOCCOC)c1Cl. The molecule has 1 heterocycles. The Morgan fingerprint density at radius 1 is 0.907 bits per heavy atom. The Kier molecular flexibility index (Phi) is 13.7. The van der Waals surface area contributed by atoms with Gasteiger partial charge in [-0.25, -0.2) is 0 Å². The molecule has 0 radical (unpaired) electrons. The monoisotopic (exact) mass is 664 g/mol. The summed E-state index contributed by atoms with van der Waals surface area (Å²) in [7, 11) is -1.32. The van der Waals surface area contributed by atoms with Crippen LogP contribution in [0.3, 0.4) is 0 Å². The molecule has 0 saturated heterocycles. The van der Waals surface area contributed by atoms with Gasteiger partial charge in [-0.3, -0.25) is 14.4 Å². The Bertz CT molecular complexity index is 1280. The van der Waals surface area contributed by atoms with Crippen molar-refractivity contribution in [1.29, 1.82) is 0 Å². The number of carbonyl (C=O) groups excluding carboxylic acids is 2. The highest BCUT2D eigenvalue weighted by atomic mass is 35.5. The molecule has 0 saturated carbocycles. The minimum Gasteiger partial charge on any atom is -0.778 e. The van der Waals surface area contributed by atoms with E-state index in [9.17, 15) is 19.0 Å². The second kappa shape index (κ2) is 16.7. The van der Waals surface area contributed by atoms with E-state index in [1.807, 2.05) is 0 Å². The fourth-order valence-electron chi connectivity index (χ4n) is 3.83. The van der Waals surface area contributed by atoms with E-state index in [4.69, 9.17) is 61.0 Å². The molecule has 3 atom stereocenters. The Labute approximate surface area is 259 Å². The van der Waals surface area contributed by atoms with E-state index >= 15 is 0 Å². The molecule has 2 aromatic carbocycles. The first kappa shape index (κ1) is 35.2. The second-order valence-corrected chi connectivity index (χ2v) is 11.8. The molecular weight excluding hydrogens is 632 g/mol. The number of rotatable bonds is 19. The van der Waals surface area contributed by atoms with Crippen molar-refractivity contribution in [3.8, 4) is 11.5 Å². The number of imide groups is 1. The number of amides is 2. The van der Waals surface area contributed by atoms with Gasteiger partial charge in [0, 0.05) is 25.9 Å². The van der Waals surface area contributed by atoms with Gasteiger partial charge in [-0.2, -0.15) is 0 Å². The number of ether oxygens (including phenoxy) is 6. The molecule has 3 unspecified atom stereocenters. The minimum absolute atomic E-state index is 0.0146. The van der Waals surface area contributed by atoms with Gasteiger partial charge in [-0.15, -0.1) is 5.06 Å². The van der Waals surface area contributed by atoms with E-state index in [1.165, 1.54) is 46.3 Å². The molecule has 16 heteroatoms. The summed E-state index contributed by atoms with van der Waals surface area (Å²) in [6, 6.07) is 7.46. The standard InChI is InChI=1S/C27H34Cl2NO12P/c1-5-43(33,34)42-17(2)23(41-30-26(31)18-8-6-7-9-19(18)27(30)32)20-14-21(28)24(39-15-37-12-10-35-3)25(22(20)29)40-16-38-13-11-36-4/h6-9,14,17,23H,5,10-13,15-16H2,1-4H3,(H,33,34)/p-1. The number of carbonyl (C=O) groups is 2. The number of hydroxylamine groups is 2. The highest BCUT2D eigenvalue weighted by Gasteiger charge is 2.41. The summed E-state index contributed by atoms with van der Waals surface area (Å²) in [5.41, 5.74) is 0.259. The van der Waals surface area contributed by atoms with E-state index in [2.05, 4.69) is 0 Å². The molecular formula is C27H33Cl2NO12P-. The molecule has 43 heavy (non-hydrogen) atoms. The first-order valence-electron chi connectivity index (χ1n) is 13.1. The Hall–Kier alpha value is -2.29. The predicted octanol–water partition coefficient (Wildman–Crippen LogP) is 4.24. The summed E-state index contributed by atoms with van der Waals surface area (Å²) in [6.07, 6.45) is -3.07. The highest BCUT2D eigenvalue weighted by molar-refractivity contribution is 7.51. The van der Waals surface area contributed by atoms with Crippen molar-refractivity contribution in [2.24, 2.45) is 0 Å². The van der Waals surface area contributed by atoms with Crippen LogP contribution in [-0.4, -0.2) is 83.4 Å². The maximum atomic E-state index is 13.1. The van der Waals surface area contributed by atoms with Crippen LogP contribution in [0.25, 0.3) is 0 Å². The number of hydrogen-bond acceptors (Lipinski definition) is 12. The molecule has 0 N–H and O–H groups in total. The lowest BCUT2D eigenvalue weighted by molar-refractivity contribution is -0.214. The topological polar surface area (TPSA) is 151 Å². The third kappa shape index (κ3) is 9.11. The van der Waals surface area contributed by atoms with Crippen LogP contribution in [0.1, 0.15) is 46.2 Å². The number of fused-ring (bicyclic) bond motifs is 1. The molecule has 238 valence electrons. The molecule has 1 aliphatic heterocycles. The molecule has 2 aromatic rings. The second-order valence-electron chi connectivity index (χ2n) is 8.96. The zero-order valence-corrected chi connectivity index (χ0v) is 26.4. The molecule has 0 aliphatic carbocycles. The maximum absolute atomic E-state index is 13.1. The van der Waals surface area contributed by atoms with Crippen LogP contribution < -0.4 is 14.4 Å². The summed E-state index contributed by atoms with van der Waals surface area (Å²) < 4.78 is 49.9. The Balaban J connectivity index is 2.02. The number of halogens is 2. The lowest BCUT2D eigenvalue weighted by atomic mass is 10.0. The minimum atomic E-state index is -4.35. The van der Waals surface area contributed by atoms with Gasteiger partial charge >= 0.3 is 0 Å². The van der Waals surface area contributed by atoms with Gasteiger partial charge in [0.05, 0.1) is 53.7 Å². The van der Waals surface area contributed by atoms with Crippen LogP contribution >= 0.6 is 30.8 Å². The molecule has 0 bridgehead atoms. The lowest BCUT2D eigenvalue weighted by Crippen LogP contribution is -2.36. The number of nitrogens with zero attached hydrogens (tertiary/aromatic N) is 1. The molecule has 2 amide bonds. The van der Waals surface area contributed by atoms with Gasteiger partial charge in [0.2, 0.25) is 0 Å². The molecule has 3 rings (SSSR count). The van der Waals surface area contributed by atoms with Gasteiger partial charge in [0.25, 0.3) is 11.8 Å². The average molecular weight is 665 g/mol. The normalized spacial score (nSPS) is 15.7. The van der Waals surface area contributed by atoms with Gasteiger partial charge in [0.15, 0.2) is 25.1 Å². The van der Waals surface area contributed by atoms with E-state index in [0.29, 0.717) is 18.3 Å². The van der Waals surface area contributed by atoms with Crippen molar-refractivity contribution in [3.63, 3.8) is 0 Å². The number of benzene rings is 2. The Morgan fingerprint density at radius 3 is 1.95 bits per heavy atom. The van der Waals surface area contributed by atoms with Gasteiger partial charge in [-0.05, 0) is 25.1 Å². The third-order valence-corrected chi connectivity index (χ3v) is 8.12. The van der Waals surface area contributed by atoms with Gasteiger partial charge in [-0.1, -0.05) is 42.3 Å². The van der Waals surface area contributed by atoms with Crippen LogP contribution in [0.4, 0.5) is 0 Å².